The summed E-state index contributed by atoms with van der Waals surface area (Å²) in [4.78, 5) is 5.75. The van der Waals surface area contributed by atoms with Crippen LogP contribution in [0.5, 0.6) is 0 Å². The summed E-state index contributed by atoms with van der Waals surface area (Å²) in [5.41, 5.74) is 7.28. The Balaban J connectivity index is 2.46. The SMILES string of the molecule is NCc1cc(N(CCO)CC(F)F)nc2ccccc12. The number of aromatic nitrogens is 1. The molecule has 0 spiro atoms. The number of alkyl halides is 2. The fourth-order valence-corrected chi connectivity index (χ4v) is 2.15. The van der Waals surface area contributed by atoms with Gasteiger partial charge in [0.25, 0.3) is 6.43 Å². The van der Waals surface area contributed by atoms with Crippen LogP contribution in [0, 0.1) is 0 Å². The fraction of sp³-hybridized carbons (Fsp3) is 0.357. The zero-order valence-electron chi connectivity index (χ0n) is 11.0. The molecule has 0 radical (unpaired) electrons. The van der Waals surface area contributed by atoms with Crippen LogP contribution in [-0.4, -0.2) is 36.2 Å². The molecule has 20 heavy (non-hydrogen) atoms. The van der Waals surface area contributed by atoms with Crippen LogP contribution in [-0.2, 0) is 6.54 Å². The molecule has 0 unspecified atom stereocenters. The van der Waals surface area contributed by atoms with Crippen LogP contribution in [0.25, 0.3) is 10.9 Å². The van der Waals surface area contributed by atoms with E-state index in [1.807, 2.05) is 24.3 Å². The van der Waals surface area contributed by atoms with E-state index in [4.69, 9.17) is 10.8 Å². The van der Waals surface area contributed by atoms with Gasteiger partial charge in [0, 0.05) is 18.5 Å². The van der Waals surface area contributed by atoms with E-state index in [1.54, 1.807) is 6.07 Å². The number of hydrogen-bond donors (Lipinski definition) is 2. The van der Waals surface area contributed by atoms with E-state index in [-0.39, 0.29) is 13.2 Å². The van der Waals surface area contributed by atoms with Crippen LogP contribution in [0.3, 0.4) is 0 Å². The molecule has 1 aromatic carbocycles. The maximum absolute atomic E-state index is 12.6. The molecule has 0 saturated carbocycles. The molecule has 0 aliphatic heterocycles. The van der Waals surface area contributed by atoms with E-state index >= 15 is 0 Å². The molecule has 0 saturated heterocycles. The normalized spacial score (nSPS) is 11.2. The minimum Gasteiger partial charge on any atom is -0.395 e. The van der Waals surface area contributed by atoms with Crippen molar-refractivity contribution in [1.82, 2.24) is 4.98 Å². The average molecular weight is 281 g/mol. The summed E-state index contributed by atoms with van der Waals surface area (Å²) in [6.07, 6.45) is -2.49. The van der Waals surface area contributed by atoms with Crippen LogP contribution in [0.4, 0.5) is 14.6 Å². The van der Waals surface area contributed by atoms with Gasteiger partial charge in [0.2, 0.25) is 0 Å². The molecule has 0 aliphatic carbocycles. The summed E-state index contributed by atoms with van der Waals surface area (Å²) in [6, 6.07) is 9.14. The van der Waals surface area contributed by atoms with Gasteiger partial charge in [0.05, 0.1) is 18.7 Å². The Morgan fingerprint density at radius 1 is 1.30 bits per heavy atom. The quantitative estimate of drug-likeness (QED) is 0.847. The van der Waals surface area contributed by atoms with Crippen molar-refractivity contribution in [3.05, 3.63) is 35.9 Å². The molecule has 0 bridgehead atoms. The largest absolute Gasteiger partial charge is 0.395 e. The van der Waals surface area contributed by atoms with Gasteiger partial charge in [-0.1, -0.05) is 18.2 Å². The van der Waals surface area contributed by atoms with Crippen molar-refractivity contribution in [2.45, 2.75) is 13.0 Å². The number of aliphatic hydroxyl groups excluding tert-OH is 1. The molecular formula is C14H17F2N3O. The number of nitrogens with zero attached hydrogens (tertiary/aromatic N) is 2. The topological polar surface area (TPSA) is 62.4 Å². The van der Waals surface area contributed by atoms with Crippen LogP contribution >= 0.6 is 0 Å². The van der Waals surface area contributed by atoms with Crippen molar-refractivity contribution in [2.24, 2.45) is 5.73 Å². The number of halogens is 2. The van der Waals surface area contributed by atoms with Crippen LogP contribution in [0.1, 0.15) is 5.56 Å². The molecule has 4 nitrogen and oxygen atoms in total. The van der Waals surface area contributed by atoms with Crippen molar-refractivity contribution in [3.8, 4) is 0 Å². The second-order valence-electron chi connectivity index (χ2n) is 4.42. The van der Waals surface area contributed by atoms with E-state index in [0.717, 1.165) is 10.9 Å². The van der Waals surface area contributed by atoms with Crippen molar-refractivity contribution < 1.29 is 13.9 Å². The number of hydrogen-bond acceptors (Lipinski definition) is 4. The highest BCUT2D eigenvalue weighted by molar-refractivity contribution is 5.84. The smallest absolute Gasteiger partial charge is 0.255 e. The van der Waals surface area contributed by atoms with Crippen LogP contribution in [0.15, 0.2) is 30.3 Å². The molecule has 3 N–H and O–H groups in total. The molecule has 2 rings (SSSR count). The highest BCUT2D eigenvalue weighted by atomic mass is 19.3. The average Bonchev–Trinajstić information content (AvgIpc) is 2.45. The monoisotopic (exact) mass is 281 g/mol. The first-order chi connectivity index (χ1) is 9.65. The molecule has 0 aliphatic rings. The summed E-state index contributed by atoms with van der Waals surface area (Å²) in [5.74, 6) is 0.415. The lowest BCUT2D eigenvalue weighted by Gasteiger charge is -2.23. The molecule has 2 aromatic rings. The third kappa shape index (κ3) is 3.20. The standard InChI is InChI=1S/C14H17F2N3O/c15-13(16)9-19(5-6-20)14-7-10(8-17)11-3-1-2-4-12(11)18-14/h1-4,7,13,20H,5-6,8-9,17H2. The van der Waals surface area contributed by atoms with Gasteiger partial charge in [0.1, 0.15) is 5.82 Å². The number of aliphatic hydroxyl groups is 1. The van der Waals surface area contributed by atoms with Gasteiger partial charge in [-0.2, -0.15) is 0 Å². The van der Waals surface area contributed by atoms with Gasteiger partial charge in [-0.05, 0) is 17.7 Å². The first-order valence-corrected chi connectivity index (χ1v) is 6.38. The number of fused-ring (bicyclic) bond motifs is 1. The Bertz CT molecular complexity index is 577. The van der Waals surface area contributed by atoms with Crippen molar-refractivity contribution in [1.29, 1.82) is 0 Å². The number of pyridine rings is 1. The van der Waals surface area contributed by atoms with Crippen molar-refractivity contribution in [2.75, 3.05) is 24.6 Å². The lowest BCUT2D eigenvalue weighted by atomic mass is 10.1. The Kier molecular flexibility index (Phi) is 4.81. The minimum absolute atomic E-state index is 0.111. The number of para-hydroxylation sites is 1. The summed E-state index contributed by atoms with van der Waals surface area (Å²) < 4.78 is 25.2. The molecule has 1 heterocycles. The second kappa shape index (κ2) is 6.58. The van der Waals surface area contributed by atoms with E-state index in [1.165, 1.54) is 4.90 Å². The molecule has 1 aromatic heterocycles. The predicted octanol–water partition coefficient (Wildman–Crippen LogP) is 1.76. The highest BCUT2D eigenvalue weighted by Crippen LogP contribution is 2.23. The maximum atomic E-state index is 12.6. The zero-order chi connectivity index (χ0) is 14.5. The summed E-state index contributed by atoms with van der Waals surface area (Å²) in [5, 5.41) is 9.93. The number of benzene rings is 1. The number of rotatable bonds is 6. The van der Waals surface area contributed by atoms with Gasteiger partial charge < -0.3 is 15.7 Å². The van der Waals surface area contributed by atoms with Crippen LogP contribution < -0.4 is 10.6 Å². The van der Waals surface area contributed by atoms with E-state index < -0.39 is 13.0 Å². The fourth-order valence-electron chi connectivity index (χ4n) is 2.15. The van der Waals surface area contributed by atoms with Gasteiger partial charge >= 0.3 is 0 Å². The lowest BCUT2D eigenvalue weighted by Crippen LogP contribution is -2.32. The first-order valence-electron chi connectivity index (χ1n) is 6.38. The molecule has 108 valence electrons. The third-order valence-electron chi connectivity index (χ3n) is 3.06. The van der Waals surface area contributed by atoms with Crippen molar-refractivity contribution in [3.63, 3.8) is 0 Å². The number of nitrogens with two attached hydrogens (primary N) is 1. The lowest BCUT2D eigenvalue weighted by molar-refractivity contribution is 0.152. The van der Waals surface area contributed by atoms with Gasteiger partial charge in [-0.3, -0.25) is 0 Å². The molecule has 0 amide bonds. The third-order valence-corrected chi connectivity index (χ3v) is 3.06. The van der Waals surface area contributed by atoms with Crippen LogP contribution in [0.2, 0.25) is 0 Å². The Morgan fingerprint density at radius 3 is 2.70 bits per heavy atom. The molecular weight excluding hydrogens is 264 g/mol. The molecule has 6 heteroatoms. The Morgan fingerprint density at radius 2 is 2.05 bits per heavy atom. The minimum atomic E-state index is -2.49. The summed E-state index contributed by atoms with van der Waals surface area (Å²) in [6.45, 7) is -0.257. The second-order valence-corrected chi connectivity index (χ2v) is 4.42. The molecule has 0 atom stereocenters. The summed E-state index contributed by atoms with van der Waals surface area (Å²) >= 11 is 0. The summed E-state index contributed by atoms with van der Waals surface area (Å²) in [7, 11) is 0. The van der Waals surface area contributed by atoms with E-state index in [2.05, 4.69) is 4.98 Å². The van der Waals surface area contributed by atoms with E-state index in [9.17, 15) is 8.78 Å². The maximum Gasteiger partial charge on any atom is 0.255 e. The predicted molar refractivity (Wildman–Crippen MR) is 74.9 cm³/mol. The zero-order valence-corrected chi connectivity index (χ0v) is 11.0. The van der Waals surface area contributed by atoms with Gasteiger partial charge in [-0.25, -0.2) is 13.8 Å². The van der Waals surface area contributed by atoms with Gasteiger partial charge in [-0.15, -0.1) is 0 Å². The van der Waals surface area contributed by atoms with Gasteiger partial charge in [0.15, 0.2) is 0 Å². The Hall–Kier alpha value is -1.79. The van der Waals surface area contributed by atoms with E-state index in [0.29, 0.717) is 17.9 Å². The Labute approximate surface area is 115 Å². The van der Waals surface area contributed by atoms with Crippen molar-refractivity contribution >= 4 is 16.7 Å². The highest BCUT2D eigenvalue weighted by Gasteiger charge is 2.15. The number of anilines is 1. The first kappa shape index (κ1) is 14.6. The molecule has 0 fully saturated rings.